The zero-order chi connectivity index (χ0) is 9.68. The summed E-state index contributed by atoms with van der Waals surface area (Å²) < 4.78 is 0. The van der Waals surface area contributed by atoms with Crippen LogP contribution in [0.3, 0.4) is 0 Å². The molecular weight excluding hydrogens is 172 g/mol. The highest BCUT2D eigenvalue weighted by Crippen LogP contribution is 2.06. The maximum absolute atomic E-state index is 2.36. The van der Waals surface area contributed by atoms with Crippen LogP contribution in [0.1, 0.15) is 18.1 Å². The molecule has 0 aliphatic heterocycles. The summed E-state index contributed by atoms with van der Waals surface area (Å²) in [5.41, 5.74) is 5.11. The van der Waals surface area contributed by atoms with Crippen molar-refractivity contribution < 1.29 is 0 Å². The minimum Gasteiger partial charge on any atom is -0.0976 e. The molecule has 0 saturated carbocycles. The first-order chi connectivity index (χ1) is 6.22. The van der Waals surface area contributed by atoms with E-state index in [1.54, 1.807) is 0 Å². The largest absolute Gasteiger partial charge is 0.0976 e. The van der Waals surface area contributed by atoms with E-state index in [1.807, 2.05) is 0 Å². The van der Waals surface area contributed by atoms with Crippen molar-refractivity contribution in [2.24, 2.45) is 0 Å². The molecule has 0 aliphatic rings. The van der Waals surface area contributed by atoms with Crippen molar-refractivity contribution >= 4 is 14.9 Å². The molecule has 0 fully saturated rings. The van der Waals surface area contributed by atoms with Gasteiger partial charge in [-0.15, -0.1) is 0 Å². The monoisotopic (exact) mass is 190 g/mol. The van der Waals surface area contributed by atoms with Crippen LogP contribution < -0.4 is 0 Å². The Bertz CT molecular complexity index is 270. The number of benzene rings is 1. The van der Waals surface area contributed by atoms with E-state index in [9.17, 15) is 0 Å². The molecule has 70 valence electrons. The lowest BCUT2D eigenvalue weighted by Gasteiger charge is -1.97. The van der Waals surface area contributed by atoms with Gasteiger partial charge in [0.05, 0.1) is 8.80 Å². The van der Waals surface area contributed by atoms with Crippen molar-refractivity contribution in [2.75, 3.05) is 0 Å². The molecule has 1 aromatic rings. The van der Waals surface area contributed by atoms with Gasteiger partial charge in [0.2, 0.25) is 0 Å². The predicted molar refractivity (Wildman–Crippen MR) is 63.7 cm³/mol. The molecule has 0 radical (unpaired) electrons. The minimum atomic E-state index is -0.540. The van der Waals surface area contributed by atoms with Crippen LogP contribution in [0.2, 0.25) is 13.1 Å². The van der Waals surface area contributed by atoms with E-state index in [2.05, 4.69) is 56.1 Å². The zero-order valence-corrected chi connectivity index (χ0v) is 9.90. The Balaban J connectivity index is 2.69. The van der Waals surface area contributed by atoms with Gasteiger partial charge in [-0.1, -0.05) is 56.1 Å². The number of hydrogen-bond donors (Lipinski definition) is 0. The molecule has 0 N–H and O–H groups in total. The van der Waals surface area contributed by atoms with Gasteiger partial charge in [-0.2, -0.15) is 0 Å². The highest BCUT2D eigenvalue weighted by molar-refractivity contribution is 6.62. The predicted octanol–water partition coefficient (Wildman–Crippen LogP) is 3.29. The lowest BCUT2D eigenvalue weighted by Crippen LogP contribution is -1.91. The van der Waals surface area contributed by atoms with Gasteiger partial charge in [-0.25, -0.2) is 0 Å². The molecular formula is C12H18Si. The number of hydrogen-bond acceptors (Lipinski definition) is 0. The maximum atomic E-state index is 2.36. The SMILES string of the molecule is CCc1ccc(C=C[SiH](C)C)cc1. The van der Waals surface area contributed by atoms with Crippen molar-refractivity contribution in [2.45, 2.75) is 26.4 Å². The van der Waals surface area contributed by atoms with Crippen LogP contribution in [0.4, 0.5) is 0 Å². The number of aryl methyl sites for hydroxylation is 1. The molecule has 1 rings (SSSR count). The normalized spacial score (nSPS) is 11.4. The molecule has 0 heterocycles. The molecule has 0 saturated heterocycles. The van der Waals surface area contributed by atoms with Crippen LogP contribution in [0.15, 0.2) is 30.0 Å². The number of rotatable bonds is 3. The topological polar surface area (TPSA) is 0 Å². The Morgan fingerprint density at radius 1 is 1.15 bits per heavy atom. The highest BCUT2D eigenvalue weighted by atomic mass is 28.3. The fraction of sp³-hybridized carbons (Fsp3) is 0.333. The first kappa shape index (κ1) is 10.3. The lowest BCUT2D eigenvalue weighted by molar-refractivity contribution is 1.14. The van der Waals surface area contributed by atoms with Gasteiger partial charge in [0, 0.05) is 0 Å². The molecule has 0 atom stereocenters. The molecule has 0 aromatic heterocycles. The van der Waals surface area contributed by atoms with E-state index >= 15 is 0 Å². The Labute approximate surface area is 82.9 Å². The zero-order valence-electron chi connectivity index (χ0n) is 8.75. The smallest absolute Gasteiger partial charge is 0.0554 e. The van der Waals surface area contributed by atoms with E-state index in [1.165, 1.54) is 11.1 Å². The van der Waals surface area contributed by atoms with Gasteiger partial charge in [-0.3, -0.25) is 0 Å². The van der Waals surface area contributed by atoms with Crippen molar-refractivity contribution in [3.8, 4) is 0 Å². The molecule has 1 aromatic carbocycles. The van der Waals surface area contributed by atoms with Crippen LogP contribution >= 0.6 is 0 Å². The fourth-order valence-corrected chi connectivity index (χ4v) is 1.78. The highest BCUT2D eigenvalue weighted by Gasteiger charge is 1.90. The van der Waals surface area contributed by atoms with E-state index in [-0.39, 0.29) is 0 Å². The van der Waals surface area contributed by atoms with Crippen LogP contribution in [-0.4, -0.2) is 8.80 Å². The Kier molecular flexibility index (Phi) is 3.97. The quantitative estimate of drug-likeness (QED) is 0.642. The second-order valence-corrected chi connectivity index (χ2v) is 6.57. The van der Waals surface area contributed by atoms with Crippen molar-refractivity contribution in [3.05, 3.63) is 41.1 Å². The van der Waals surface area contributed by atoms with Crippen LogP contribution in [0.5, 0.6) is 0 Å². The molecule has 1 heteroatoms. The lowest BCUT2D eigenvalue weighted by atomic mass is 10.1. The third-order valence-electron chi connectivity index (χ3n) is 2.06. The van der Waals surface area contributed by atoms with Gasteiger partial charge in [0.25, 0.3) is 0 Å². The van der Waals surface area contributed by atoms with E-state index < -0.39 is 8.80 Å². The van der Waals surface area contributed by atoms with Gasteiger partial charge in [0.15, 0.2) is 0 Å². The molecule has 0 amide bonds. The average molecular weight is 190 g/mol. The second-order valence-electron chi connectivity index (χ2n) is 3.70. The summed E-state index contributed by atoms with van der Waals surface area (Å²) in [6.07, 6.45) is 3.37. The van der Waals surface area contributed by atoms with Crippen LogP contribution in [0, 0.1) is 0 Å². The Hall–Kier alpha value is -0.823. The molecule has 0 spiro atoms. The summed E-state index contributed by atoms with van der Waals surface area (Å²) in [6.45, 7) is 6.85. The molecule has 0 nitrogen and oxygen atoms in total. The average Bonchev–Trinajstić information content (AvgIpc) is 2.15. The van der Waals surface area contributed by atoms with Crippen LogP contribution in [-0.2, 0) is 6.42 Å². The van der Waals surface area contributed by atoms with Crippen LogP contribution in [0.25, 0.3) is 6.08 Å². The van der Waals surface area contributed by atoms with Gasteiger partial charge in [0.1, 0.15) is 0 Å². The summed E-state index contributed by atoms with van der Waals surface area (Å²) >= 11 is 0. The van der Waals surface area contributed by atoms with Gasteiger partial charge < -0.3 is 0 Å². The standard InChI is InChI=1S/C12H18Si/c1-4-11-5-7-12(8-6-11)9-10-13(2)3/h5-10,13H,4H2,1-3H3. The van der Waals surface area contributed by atoms with Crippen molar-refractivity contribution in [1.82, 2.24) is 0 Å². The van der Waals surface area contributed by atoms with Crippen molar-refractivity contribution in [3.63, 3.8) is 0 Å². The first-order valence-corrected chi connectivity index (χ1v) is 7.97. The Morgan fingerprint density at radius 2 is 1.77 bits per heavy atom. The summed E-state index contributed by atoms with van der Waals surface area (Å²) in [5.74, 6) is 0. The second kappa shape index (κ2) is 5.03. The summed E-state index contributed by atoms with van der Waals surface area (Å²) in [5, 5.41) is 0. The fourth-order valence-electron chi connectivity index (χ4n) is 1.17. The summed E-state index contributed by atoms with van der Waals surface area (Å²) in [7, 11) is -0.540. The molecule has 13 heavy (non-hydrogen) atoms. The first-order valence-electron chi connectivity index (χ1n) is 4.99. The molecule has 0 bridgehead atoms. The van der Waals surface area contributed by atoms with E-state index in [0.717, 1.165) is 6.42 Å². The van der Waals surface area contributed by atoms with E-state index in [4.69, 9.17) is 0 Å². The maximum Gasteiger partial charge on any atom is 0.0554 e. The van der Waals surface area contributed by atoms with E-state index in [0.29, 0.717) is 0 Å². The van der Waals surface area contributed by atoms with Gasteiger partial charge in [-0.05, 0) is 17.5 Å². The third-order valence-corrected chi connectivity index (χ3v) is 3.02. The van der Waals surface area contributed by atoms with Gasteiger partial charge >= 0.3 is 0 Å². The summed E-state index contributed by atoms with van der Waals surface area (Å²) in [4.78, 5) is 0. The minimum absolute atomic E-state index is 0.540. The third kappa shape index (κ3) is 3.60. The Morgan fingerprint density at radius 3 is 2.23 bits per heavy atom. The molecule has 0 unspecified atom stereocenters. The van der Waals surface area contributed by atoms with Crippen molar-refractivity contribution in [1.29, 1.82) is 0 Å². The molecule has 0 aliphatic carbocycles. The summed E-state index contributed by atoms with van der Waals surface area (Å²) in [6, 6.07) is 8.82.